The van der Waals surface area contributed by atoms with Crippen LogP contribution in [0.1, 0.15) is 0 Å². The lowest BCUT2D eigenvalue weighted by Gasteiger charge is -2.30. The Bertz CT molecular complexity index is 481. The first-order valence-electron chi connectivity index (χ1n) is 6.47. The summed E-state index contributed by atoms with van der Waals surface area (Å²) in [7, 11) is 3.45. The van der Waals surface area contributed by atoms with Crippen molar-refractivity contribution in [2.75, 3.05) is 45.7 Å². The Morgan fingerprint density at radius 3 is 3.05 bits per heavy atom. The van der Waals surface area contributed by atoms with Crippen LogP contribution in [0.15, 0.2) is 18.2 Å². The molecule has 0 aliphatic carbocycles. The molecule has 1 fully saturated rings. The number of hydrogen-bond donors (Lipinski definition) is 1. The van der Waals surface area contributed by atoms with Gasteiger partial charge in [0.1, 0.15) is 5.69 Å². The summed E-state index contributed by atoms with van der Waals surface area (Å²) in [6.07, 6.45) is 0.0274. The number of nitro benzene ring substituents is 1. The van der Waals surface area contributed by atoms with Crippen LogP contribution in [0.3, 0.4) is 0 Å². The zero-order valence-electron chi connectivity index (χ0n) is 11.7. The highest BCUT2D eigenvalue weighted by atomic mass is 16.6. The second kappa shape index (κ2) is 6.53. The number of rotatable bonds is 5. The SMILES string of the molecule is COc1cccc(NCC2CN(C)CCO2)c1[N+](=O)[O-]. The molecule has 20 heavy (non-hydrogen) atoms. The summed E-state index contributed by atoms with van der Waals surface area (Å²) < 4.78 is 10.7. The molecule has 1 aliphatic rings. The Morgan fingerprint density at radius 1 is 1.60 bits per heavy atom. The molecule has 0 bridgehead atoms. The average Bonchev–Trinajstić information content (AvgIpc) is 2.44. The van der Waals surface area contributed by atoms with E-state index in [2.05, 4.69) is 10.2 Å². The second-order valence-electron chi connectivity index (χ2n) is 4.75. The van der Waals surface area contributed by atoms with Crippen LogP contribution in [0, 0.1) is 10.1 Å². The number of benzene rings is 1. The van der Waals surface area contributed by atoms with Gasteiger partial charge in [0.15, 0.2) is 5.75 Å². The van der Waals surface area contributed by atoms with Crippen molar-refractivity contribution in [2.45, 2.75) is 6.10 Å². The zero-order valence-corrected chi connectivity index (χ0v) is 11.7. The summed E-state index contributed by atoms with van der Waals surface area (Å²) in [5.41, 5.74) is 0.408. The van der Waals surface area contributed by atoms with Crippen molar-refractivity contribution in [1.82, 2.24) is 4.90 Å². The van der Waals surface area contributed by atoms with Gasteiger partial charge >= 0.3 is 5.69 Å². The normalized spacial score (nSPS) is 19.6. The quantitative estimate of drug-likeness (QED) is 0.648. The van der Waals surface area contributed by atoms with Gasteiger partial charge in [-0.3, -0.25) is 10.1 Å². The van der Waals surface area contributed by atoms with Crippen LogP contribution >= 0.6 is 0 Å². The van der Waals surface area contributed by atoms with Gasteiger partial charge in [0.2, 0.25) is 0 Å². The first-order chi connectivity index (χ1) is 9.61. The minimum atomic E-state index is -0.435. The average molecular weight is 281 g/mol. The molecule has 0 aromatic heterocycles. The van der Waals surface area contributed by atoms with E-state index >= 15 is 0 Å². The molecule has 110 valence electrons. The highest BCUT2D eigenvalue weighted by molar-refractivity contribution is 5.68. The molecule has 1 aromatic carbocycles. The van der Waals surface area contributed by atoms with Crippen molar-refractivity contribution in [2.24, 2.45) is 0 Å². The number of likely N-dealkylation sites (N-methyl/N-ethyl adjacent to an activating group) is 1. The zero-order chi connectivity index (χ0) is 14.5. The van der Waals surface area contributed by atoms with Crippen molar-refractivity contribution in [3.8, 4) is 5.75 Å². The molecule has 0 radical (unpaired) electrons. The van der Waals surface area contributed by atoms with E-state index in [1.165, 1.54) is 7.11 Å². The number of para-hydroxylation sites is 1. The largest absolute Gasteiger partial charge is 0.490 e. The molecule has 7 nitrogen and oxygen atoms in total. The van der Waals surface area contributed by atoms with Crippen molar-refractivity contribution in [3.63, 3.8) is 0 Å². The van der Waals surface area contributed by atoms with E-state index in [0.29, 0.717) is 18.8 Å². The molecule has 2 rings (SSSR count). The summed E-state index contributed by atoms with van der Waals surface area (Å²) in [6.45, 7) is 2.93. The van der Waals surface area contributed by atoms with Crippen LogP contribution in [0.2, 0.25) is 0 Å². The monoisotopic (exact) mass is 281 g/mol. The third kappa shape index (κ3) is 3.37. The molecule has 1 saturated heterocycles. The topological polar surface area (TPSA) is 76.9 Å². The van der Waals surface area contributed by atoms with E-state index in [0.717, 1.165) is 13.1 Å². The summed E-state index contributed by atoms with van der Waals surface area (Å²) >= 11 is 0. The van der Waals surface area contributed by atoms with Crippen molar-refractivity contribution < 1.29 is 14.4 Å². The molecular weight excluding hydrogens is 262 g/mol. The first kappa shape index (κ1) is 14.5. The maximum absolute atomic E-state index is 11.2. The number of nitrogens with zero attached hydrogens (tertiary/aromatic N) is 2. The molecular formula is C13H19N3O4. The number of ether oxygens (including phenoxy) is 2. The lowest BCUT2D eigenvalue weighted by Crippen LogP contribution is -2.43. The van der Waals surface area contributed by atoms with E-state index in [4.69, 9.17) is 9.47 Å². The smallest absolute Gasteiger partial charge is 0.333 e. The lowest BCUT2D eigenvalue weighted by atomic mass is 10.2. The van der Waals surface area contributed by atoms with Gasteiger partial charge in [-0.05, 0) is 19.2 Å². The fraction of sp³-hybridized carbons (Fsp3) is 0.538. The summed E-state index contributed by atoms with van der Waals surface area (Å²) in [5, 5.41) is 14.2. The molecule has 1 N–H and O–H groups in total. The molecule has 1 atom stereocenters. The lowest BCUT2D eigenvalue weighted by molar-refractivity contribution is -0.384. The molecule has 1 aromatic rings. The minimum absolute atomic E-state index is 0.0274. The highest BCUT2D eigenvalue weighted by Gasteiger charge is 2.22. The van der Waals surface area contributed by atoms with Gasteiger partial charge in [0.05, 0.1) is 24.7 Å². The van der Waals surface area contributed by atoms with Crippen LogP contribution in [-0.4, -0.2) is 56.3 Å². The number of morpholine rings is 1. The fourth-order valence-corrected chi connectivity index (χ4v) is 2.23. The molecule has 0 saturated carbocycles. The van der Waals surface area contributed by atoms with Gasteiger partial charge < -0.3 is 19.7 Å². The predicted octanol–water partition coefficient (Wildman–Crippen LogP) is 1.35. The van der Waals surface area contributed by atoms with Gasteiger partial charge in [-0.15, -0.1) is 0 Å². The number of hydrogen-bond acceptors (Lipinski definition) is 6. The molecule has 0 amide bonds. The highest BCUT2D eigenvalue weighted by Crippen LogP contribution is 2.34. The van der Waals surface area contributed by atoms with Crippen molar-refractivity contribution >= 4 is 11.4 Å². The summed E-state index contributed by atoms with van der Waals surface area (Å²) in [5.74, 6) is 0.252. The Morgan fingerprint density at radius 2 is 2.40 bits per heavy atom. The maximum Gasteiger partial charge on any atom is 0.333 e. The molecule has 1 unspecified atom stereocenters. The van der Waals surface area contributed by atoms with Crippen LogP contribution in [0.25, 0.3) is 0 Å². The summed E-state index contributed by atoms with van der Waals surface area (Å²) in [6, 6.07) is 4.98. The van der Waals surface area contributed by atoms with Gasteiger partial charge in [0, 0.05) is 19.6 Å². The van der Waals surface area contributed by atoms with Crippen LogP contribution in [-0.2, 0) is 4.74 Å². The van der Waals surface area contributed by atoms with Crippen LogP contribution in [0.4, 0.5) is 11.4 Å². The summed E-state index contributed by atoms with van der Waals surface area (Å²) in [4.78, 5) is 12.9. The maximum atomic E-state index is 11.2. The first-order valence-corrected chi connectivity index (χ1v) is 6.47. The van der Waals surface area contributed by atoms with Gasteiger partial charge in [-0.25, -0.2) is 0 Å². The van der Waals surface area contributed by atoms with Gasteiger partial charge in [-0.1, -0.05) is 6.07 Å². The van der Waals surface area contributed by atoms with E-state index in [-0.39, 0.29) is 17.5 Å². The number of nitrogens with one attached hydrogen (secondary N) is 1. The standard InChI is InChI=1S/C13H19N3O4/c1-15-6-7-20-10(9-15)8-14-11-4-3-5-12(19-2)13(11)16(17)18/h3-5,10,14H,6-9H2,1-2H3. The number of methoxy groups -OCH3 is 1. The third-order valence-corrected chi connectivity index (χ3v) is 3.26. The van der Waals surface area contributed by atoms with E-state index in [9.17, 15) is 10.1 Å². The third-order valence-electron chi connectivity index (χ3n) is 3.26. The van der Waals surface area contributed by atoms with Gasteiger partial charge in [-0.2, -0.15) is 0 Å². The fourth-order valence-electron chi connectivity index (χ4n) is 2.23. The van der Waals surface area contributed by atoms with Crippen LogP contribution < -0.4 is 10.1 Å². The molecule has 7 heteroatoms. The Hall–Kier alpha value is -1.86. The van der Waals surface area contributed by atoms with Crippen molar-refractivity contribution in [1.29, 1.82) is 0 Å². The van der Waals surface area contributed by atoms with Crippen molar-refractivity contribution in [3.05, 3.63) is 28.3 Å². The molecule has 1 aliphatic heterocycles. The Labute approximate surface area is 117 Å². The van der Waals surface area contributed by atoms with E-state index in [1.807, 2.05) is 7.05 Å². The van der Waals surface area contributed by atoms with E-state index < -0.39 is 4.92 Å². The molecule has 1 heterocycles. The van der Waals surface area contributed by atoms with E-state index in [1.54, 1.807) is 18.2 Å². The molecule has 0 spiro atoms. The Balaban J connectivity index is 2.07. The minimum Gasteiger partial charge on any atom is -0.490 e. The Kier molecular flexibility index (Phi) is 4.75. The van der Waals surface area contributed by atoms with Crippen LogP contribution in [0.5, 0.6) is 5.75 Å². The predicted molar refractivity (Wildman–Crippen MR) is 75.4 cm³/mol. The van der Waals surface area contributed by atoms with Gasteiger partial charge in [0.25, 0.3) is 0 Å². The number of anilines is 1. The second-order valence-corrected chi connectivity index (χ2v) is 4.75. The number of nitro groups is 1.